The van der Waals surface area contributed by atoms with Crippen LogP contribution in [0.3, 0.4) is 0 Å². The number of hydrogen-bond acceptors (Lipinski definition) is 5. The van der Waals surface area contributed by atoms with E-state index in [1.807, 2.05) is 26.0 Å². The van der Waals surface area contributed by atoms with Crippen molar-refractivity contribution in [3.8, 4) is 0 Å². The number of halogens is 1. The van der Waals surface area contributed by atoms with Crippen LogP contribution < -0.4 is 11.0 Å². The molecule has 1 N–H and O–H groups in total. The van der Waals surface area contributed by atoms with Gasteiger partial charge in [0.1, 0.15) is 5.65 Å². The van der Waals surface area contributed by atoms with Crippen LogP contribution in [0, 0.1) is 13.8 Å². The van der Waals surface area contributed by atoms with Gasteiger partial charge in [-0.2, -0.15) is 4.98 Å². The Morgan fingerprint density at radius 1 is 1.24 bits per heavy atom. The summed E-state index contributed by atoms with van der Waals surface area (Å²) in [4.78, 5) is 32.4. The first kappa shape index (κ1) is 17.4. The van der Waals surface area contributed by atoms with Gasteiger partial charge in [0.05, 0.1) is 5.75 Å². The summed E-state index contributed by atoms with van der Waals surface area (Å²) in [5.41, 5.74) is 2.55. The van der Waals surface area contributed by atoms with Gasteiger partial charge in [0.25, 0.3) is 0 Å². The summed E-state index contributed by atoms with van der Waals surface area (Å²) in [6, 6.07) is 8.94. The maximum absolute atomic E-state index is 12.1. The zero-order valence-corrected chi connectivity index (χ0v) is 15.2. The molecule has 2 aromatic heterocycles. The SMILES string of the molecule is Cc1ccc(NC(=O)CSc2nc(=O)n3cccc(C)c3n2)cc1Cl. The molecule has 1 aromatic carbocycles. The van der Waals surface area contributed by atoms with Crippen LogP contribution in [0.25, 0.3) is 5.65 Å². The molecule has 0 saturated heterocycles. The lowest BCUT2D eigenvalue weighted by Gasteiger charge is -2.07. The topological polar surface area (TPSA) is 76.4 Å². The molecule has 6 nitrogen and oxygen atoms in total. The van der Waals surface area contributed by atoms with E-state index in [1.54, 1.807) is 24.4 Å². The number of rotatable bonds is 4. The third-order valence-corrected chi connectivity index (χ3v) is 4.80. The van der Waals surface area contributed by atoms with Gasteiger partial charge in [-0.25, -0.2) is 9.78 Å². The number of anilines is 1. The molecule has 1 amide bonds. The molecule has 0 aliphatic heterocycles. The zero-order valence-electron chi connectivity index (χ0n) is 13.6. The molecule has 3 aromatic rings. The average molecular weight is 375 g/mol. The molecule has 0 fully saturated rings. The smallest absolute Gasteiger partial charge is 0.325 e. The number of nitrogens with one attached hydrogen (secondary N) is 1. The fourth-order valence-corrected chi connectivity index (χ4v) is 3.03. The average Bonchev–Trinajstić information content (AvgIpc) is 2.57. The lowest BCUT2D eigenvalue weighted by atomic mass is 10.2. The minimum absolute atomic E-state index is 0.0903. The Labute approximate surface area is 153 Å². The molecule has 0 saturated carbocycles. The van der Waals surface area contributed by atoms with Crippen LogP contribution >= 0.6 is 23.4 Å². The highest BCUT2D eigenvalue weighted by Crippen LogP contribution is 2.20. The molecular formula is C17H15ClN4O2S. The number of pyridine rings is 1. The predicted molar refractivity (Wildman–Crippen MR) is 99.5 cm³/mol. The molecule has 0 spiro atoms. The van der Waals surface area contributed by atoms with Crippen molar-refractivity contribution in [2.75, 3.05) is 11.1 Å². The van der Waals surface area contributed by atoms with Crippen molar-refractivity contribution in [2.45, 2.75) is 19.0 Å². The predicted octanol–water partition coefficient (Wildman–Crippen LogP) is 3.09. The van der Waals surface area contributed by atoms with Crippen molar-refractivity contribution in [2.24, 2.45) is 0 Å². The fraction of sp³-hybridized carbons (Fsp3) is 0.176. The molecule has 0 atom stereocenters. The standard InChI is InChI=1S/C17H15ClN4O2S/c1-10-5-6-12(8-13(10)18)19-14(23)9-25-16-20-15-11(2)4-3-7-22(15)17(24)21-16/h3-8H,9H2,1-2H3,(H,19,23). The van der Waals surface area contributed by atoms with E-state index in [0.29, 0.717) is 16.4 Å². The van der Waals surface area contributed by atoms with E-state index in [-0.39, 0.29) is 16.8 Å². The molecule has 2 heterocycles. The molecule has 8 heteroatoms. The van der Waals surface area contributed by atoms with Crippen LogP contribution in [0.1, 0.15) is 11.1 Å². The van der Waals surface area contributed by atoms with Gasteiger partial charge in [0.15, 0.2) is 5.16 Å². The number of amides is 1. The Bertz CT molecular complexity index is 1020. The van der Waals surface area contributed by atoms with Gasteiger partial charge >= 0.3 is 5.69 Å². The normalized spacial score (nSPS) is 10.8. The summed E-state index contributed by atoms with van der Waals surface area (Å²) >= 11 is 7.16. The van der Waals surface area contributed by atoms with E-state index >= 15 is 0 Å². The van der Waals surface area contributed by atoms with E-state index in [4.69, 9.17) is 11.6 Å². The first-order chi connectivity index (χ1) is 11.9. The highest BCUT2D eigenvalue weighted by atomic mass is 35.5. The van der Waals surface area contributed by atoms with Crippen molar-refractivity contribution < 1.29 is 4.79 Å². The van der Waals surface area contributed by atoms with Gasteiger partial charge in [-0.3, -0.25) is 9.20 Å². The van der Waals surface area contributed by atoms with Gasteiger partial charge in [-0.1, -0.05) is 35.5 Å². The van der Waals surface area contributed by atoms with Crippen LogP contribution in [0.15, 0.2) is 46.5 Å². The summed E-state index contributed by atoms with van der Waals surface area (Å²) in [6.07, 6.45) is 1.62. The number of aromatic nitrogens is 3. The Balaban J connectivity index is 1.71. The largest absolute Gasteiger partial charge is 0.355 e. The van der Waals surface area contributed by atoms with Crippen LogP contribution in [0.5, 0.6) is 0 Å². The molecule has 0 unspecified atom stereocenters. The number of benzene rings is 1. The van der Waals surface area contributed by atoms with Crippen molar-refractivity contribution in [1.29, 1.82) is 0 Å². The summed E-state index contributed by atoms with van der Waals surface area (Å²) in [6.45, 7) is 3.76. The highest BCUT2D eigenvalue weighted by molar-refractivity contribution is 7.99. The maximum Gasteiger partial charge on any atom is 0.355 e. The summed E-state index contributed by atoms with van der Waals surface area (Å²) in [5, 5.41) is 3.62. The number of aryl methyl sites for hydroxylation is 2. The van der Waals surface area contributed by atoms with Gasteiger partial charge in [0.2, 0.25) is 5.91 Å². The van der Waals surface area contributed by atoms with E-state index in [9.17, 15) is 9.59 Å². The highest BCUT2D eigenvalue weighted by Gasteiger charge is 2.10. The third kappa shape index (κ3) is 4.00. The summed E-state index contributed by atoms with van der Waals surface area (Å²) in [7, 11) is 0. The monoisotopic (exact) mass is 374 g/mol. The quantitative estimate of drug-likeness (QED) is 0.710. The number of thioether (sulfide) groups is 1. The summed E-state index contributed by atoms with van der Waals surface area (Å²) in [5.74, 6) is -0.133. The number of fused-ring (bicyclic) bond motifs is 1. The van der Waals surface area contributed by atoms with Crippen molar-refractivity contribution in [3.63, 3.8) is 0 Å². The van der Waals surface area contributed by atoms with Crippen LogP contribution in [-0.4, -0.2) is 26.0 Å². The third-order valence-electron chi connectivity index (χ3n) is 3.55. The Hall–Kier alpha value is -2.38. The van der Waals surface area contributed by atoms with Crippen molar-refractivity contribution >= 4 is 40.6 Å². The second-order valence-electron chi connectivity index (χ2n) is 5.47. The van der Waals surface area contributed by atoms with Crippen LogP contribution in [0.2, 0.25) is 5.02 Å². The Kier molecular flexibility index (Phi) is 5.06. The maximum atomic E-state index is 12.1. The second kappa shape index (κ2) is 7.25. The number of nitrogens with zero attached hydrogens (tertiary/aromatic N) is 3. The molecule has 25 heavy (non-hydrogen) atoms. The molecule has 0 radical (unpaired) electrons. The first-order valence-corrected chi connectivity index (χ1v) is 8.85. The number of carbonyl (C=O) groups is 1. The van der Waals surface area contributed by atoms with E-state index < -0.39 is 5.69 Å². The van der Waals surface area contributed by atoms with Gasteiger partial charge in [-0.05, 0) is 43.2 Å². The summed E-state index contributed by atoms with van der Waals surface area (Å²) < 4.78 is 1.38. The van der Waals surface area contributed by atoms with E-state index in [0.717, 1.165) is 22.9 Å². The first-order valence-electron chi connectivity index (χ1n) is 7.49. The van der Waals surface area contributed by atoms with Crippen molar-refractivity contribution in [1.82, 2.24) is 14.4 Å². The Morgan fingerprint density at radius 3 is 2.80 bits per heavy atom. The van der Waals surface area contributed by atoms with E-state index in [2.05, 4.69) is 15.3 Å². The molecule has 0 aliphatic carbocycles. The molecular weight excluding hydrogens is 360 g/mol. The van der Waals surface area contributed by atoms with Crippen LogP contribution in [-0.2, 0) is 4.79 Å². The van der Waals surface area contributed by atoms with Gasteiger partial charge < -0.3 is 5.32 Å². The second-order valence-corrected chi connectivity index (χ2v) is 6.82. The Morgan fingerprint density at radius 2 is 2.04 bits per heavy atom. The van der Waals surface area contributed by atoms with E-state index in [1.165, 1.54) is 4.40 Å². The molecule has 0 bridgehead atoms. The lowest BCUT2D eigenvalue weighted by molar-refractivity contribution is -0.113. The zero-order chi connectivity index (χ0) is 18.0. The van der Waals surface area contributed by atoms with Crippen LogP contribution in [0.4, 0.5) is 5.69 Å². The van der Waals surface area contributed by atoms with Crippen molar-refractivity contribution in [3.05, 3.63) is 63.2 Å². The number of carbonyl (C=O) groups excluding carboxylic acids is 1. The number of hydrogen-bond donors (Lipinski definition) is 1. The lowest BCUT2D eigenvalue weighted by Crippen LogP contribution is -2.20. The minimum atomic E-state index is -0.415. The molecule has 128 valence electrons. The van der Waals surface area contributed by atoms with Gasteiger partial charge in [0, 0.05) is 16.9 Å². The van der Waals surface area contributed by atoms with Gasteiger partial charge in [-0.15, -0.1) is 0 Å². The molecule has 0 aliphatic rings. The fourth-order valence-electron chi connectivity index (χ4n) is 2.22. The molecule has 3 rings (SSSR count). The minimum Gasteiger partial charge on any atom is -0.325 e.